The smallest absolute Gasteiger partial charge is 0.160 e. The second kappa shape index (κ2) is 10.6. The van der Waals surface area contributed by atoms with Gasteiger partial charge >= 0.3 is 0 Å². The van der Waals surface area contributed by atoms with Crippen LogP contribution >= 0.6 is 0 Å². The molecule has 0 aliphatic heterocycles. The number of para-hydroxylation sites is 1. The largest absolute Gasteiger partial charge is 0.456 e. The standard InChI is InChI=1S/C40H26N2O/c1-3-12-27(13-4-1)28-22-24-30(25-23-28)40-41-35(29-14-5-2-6-15-29)26-36(42-40)32-17-8-7-16-31(32)33-19-11-21-38-39(33)34-18-9-10-20-37(34)43-38/h1-26H. The number of furan rings is 1. The number of hydrogen-bond donors (Lipinski definition) is 0. The van der Waals surface area contributed by atoms with Gasteiger partial charge in [-0.15, -0.1) is 0 Å². The normalized spacial score (nSPS) is 11.3. The van der Waals surface area contributed by atoms with E-state index in [-0.39, 0.29) is 0 Å². The molecule has 6 aromatic carbocycles. The van der Waals surface area contributed by atoms with Crippen LogP contribution < -0.4 is 0 Å². The molecule has 0 unspecified atom stereocenters. The van der Waals surface area contributed by atoms with E-state index in [2.05, 4.69) is 115 Å². The van der Waals surface area contributed by atoms with E-state index < -0.39 is 0 Å². The van der Waals surface area contributed by atoms with Gasteiger partial charge in [-0.25, -0.2) is 9.97 Å². The van der Waals surface area contributed by atoms with Crippen LogP contribution in [-0.4, -0.2) is 9.97 Å². The van der Waals surface area contributed by atoms with Crippen LogP contribution in [0, 0.1) is 0 Å². The number of fused-ring (bicyclic) bond motifs is 3. The highest BCUT2D eigenvalue weighted by atomic mass is 16.3. The Bertz CT molecular complexity index is 2220. The molecule has 3 heteroatoms. The van der Waals surface area contributed by atoms with Crippen LogP contribution in [0.5, 0.6) is 0 Å². The molecule has 0 amide bonds. The minimum absolute atomic E-state index is 0.692. The minimum atomic E-state index is 0.692. The second-order valence-electron chi connectivity index (χ2n) is 10.6. The Labute approximate surface area is 249 Å². The highest BCUT2D eigenvalue weighted by molar-refractivity contribution is 6.13. The van der Waals surface area contributed by atoms with Gasteiger partial charge in [-0.3, -0.25) is 0 Å². The molecule has 0 fully saturated rings. The van der Waals surface area contributed by atoms with Crippen LogP contribution in [0.2, 0.25) is 0 Å². The molecule has 0 bridgehead atoms. The van der Waals surface area contributed by atoms with Gasteiger partial charge in [-0.05, 0) is 40.5 Å². The molecule has 8 rings (SSSR count). The van der Waals surface area contributed by atoms with Crippen LogP contribution in [0.3, 0.4) is 0 Å². The highest BCUT2D eigenvalue weighted by Gasteiger charge is 2.18. The first kappa shape index (κ1) is 25.0. The lowest BCUT2D eigenvalue weighted by molar-refractivity contribution is 0.669. The summed E-state index contributed by atoms with van der Waals surface area (Å²) in [4.78, 5) is 10.2. The Morgan fingerprint density at radius 1 is 0.372 bits per heavy atom. The molecule has 3 nitrogen and oxygen atoms in total. The van der Waals surface area contributed by atoms with E-state index >= 15 is 0 Å². The van der Waals surface area contributed by atoms with E-state index in [0.717, 1.165) is 66.7 Å². The third kappa shape index (κ3) is 4.58. The van der Waals surface area contributed by atoms with Crippen molar-refractivity contribution in [3.63, 3.8) is 0 Å². The fourth-order valence-electron chi connectivity index (χ4n) is 5.85. The SMILES string of the molecule is c1ccc(-c2ccc(-c3nc(-c4ccccc4)cc(-c4ccccc4-c4cccc5oc6ccccc6c45)n3)cc2)cc1. The zero-order chi connectivity index (χ0) is 28.6. The molecular weight excluding hydrogens is 524 g/mol. The number of hydrogen-bond acceptors (Lipinski definition) is 3. The van der Waals surface area contributed by atoms with Gasteiger partial charge in [0.2, 0.25) is 0 Å². The maximum absolute atomic E-state index is 6.23. The van der Waals surface area contributed by atoms with Crippen molar-refractivity contribution in [2.75, 3.05) is 0 Å². The van der Waals surface area contributed by atoms with E-state index in [1.807, 2.05) is 42.5 Å². The van der Waals surface area contributed by atoms with Crippen molar-refractivity contribution in [1.82, 2.24) is 9.97 Å². The number of rotatable bonds is 5. The predicted molar refractivity (Wildman–Crippen MR) is 176 cm³/mol. The summed E-state index contributed by atoms with van der Waals surface area (Å²) in [5.41, 5.74) is 11.1. The lowest BCUT2D eigenvalue weighted by atomic mass is 9.93. The van der Waals surface area contributed by atoms with E-state index in [4.69, 9.17) is 14.4 Å². The summed E-state index contributed by atoms with van der Waals surface area (Å²) in [6.45, 7) is 0. The van der Waals surface area contributed by atoms with Crippen molar-refractivity contribution in [2.24, 2.45) is 0 Å². The van der Waals surface area contributed by atoms with Gasteiger partial charge in [-0.2, -0.15) is 0 Å². The van der Waals surface area contributed by atoms with Gasteiger partial charge in [0, 0.05) is 27.5 Å². The molecule has 43 heavy (non-hydrogen) atoms. The molecule has 0 atom stereocenters. The van der Waals surface area contributed by atoms with Crippen LogP contribution in [0.4, 0.5) is 0 Å². The maximum atomic E-state index is 6.23. The Hall–Kier alpha value is -5.80. The predicted octanol–water partition coefficient (Wildman–Crippen LogP) is 10.7. The van der Waals surface area contributed by atoms with Gasteiger partial charge in [0.15, 0.2) is 5.82 Å². The average Bonchev–Trinajstić information content (AvgIpc) is 3.48. The lowest BCUT2D eigenvalue weighted by Gasteiger charge is -2.14. The first-order valence-electron chi connectivity index (χ1n) is 14.4. The highest BCUT2D eigenvalue weighted by Crippen LogP contribution is 2.41. The summed E-state index contributed by atoms with van der Waals surface area (Å²) in [5, 5.41) is 2.22. The molecule has 202 valence electrons. The van der Waals surface area contributed by atoms with Gasteiger partial charge in [0.1, 0.15) is 11.2 Å². The van der Waals surface area contributed by atoms with Crippen molar-refractivity contribution in [2.45, 2.75) is 0 Å². The van der Waals surface area contributed by atoms with E-state index in [1.165, 1.54) is 5.56 Å². The Kier molecular flexibility index (Phi) is 6.12. The average molecular weight is 551 g/mol. The Morgan fingerprint density at radius 3 is 1.72 bits per heavy atom. The molecule has 0 aliphatic carbocycles. The van der Waals surface area contributed by atoms with Gasteiger partial charge in [0.05, 0.1) is 11.4 Å². The summed E-state index contributed by atoms with van der Waals surface area (Å²) in [5.74, 6) is 0.692. The topological polar surface area (TPSA) is 38.9 Å². The summed E-state index contributed by atoms with van der Waals surface area (Å²) in [6, 6.07) is 54.3. The van der Waals surface area contributed by atoms with E-state index in [9.17, 15) is 0 Å². The Morgan fingerprint density at radius 2 is 0.930 bits per heavy atom. The summed E-state index contributed by atoms with van der Waals surface area (Å²) in [6.07, 6.45) is 0. The monoisotopic (exact) mass is 550 g/mol. The van der Waals surface area contributed by atoms with Crippen molar-refractivity contribution >= 4 is 21.9 Å². The number of aromatic nitrogens is 2. The molecular formula is C40H26N2O. The fourth-order valence-corrected chi connectivity index (χ4v) is 5.85. The zero-order valence-electron chi connectivity index (χ0n) is 23.3. The molecule has 0 spiro atoms. The first-order valence-corrected chi connectivity index (χ1v) is 14.4. The third-order valence-corrected chi connectivity index (χ3v) is 7.94. The number of benzene rings is 6. The van der Waals surface area contributed by atoms with Crippen LogP contribution in [0.15, 0.2) is 162 Å². The van der Waals surface area contributed by atoms with Crippen molar-refractivity contribution in [3.05, 3.63) is 158 Å². The molecule has 0 saturated carbocycles. The van der Waals surface area contributed by atoms with Gasteiger partial charge in [-0.1, -0.05) is 140 Å². The molecule has 0 radical (unpaired) electrons. The number of nitrogens with zero attached hydrogens (tertiary/aromatic N) is 2. The van der Waals surface area contributed by atoms with Crippen molar-refractivity contribution in [3.8, 4) is 56.2 Å². The molecule has 8 aromatic rings. The van der Waals surface area contributed by atoms with Crippen molar-refractivity contribution < 1.29 is 4.42 Å². The lowest BCUT2D eigenvalue weighted by Crippen LogP contribution is -1.97. The molecule has 2 aromatic heterocycles. The van der Waals surface area contributed by atoms with Gasteiger partial charge < -0.3 is 4.42 Å². The quantitative estimate of drug-likeness (QED) is 0.214. The summed E-state index contributed by atoms with van der Waals surface area (Å²) < 4.78 is 6.23. The Balaban J connectivity index is 1.32. The zero-order valence-corrected chi connectivity index (χ0v) is 23.3. The first-order chi connectivity index (χ1) is 21.3. The summed E-state index contributed by atoms with van der Waals surface area (Å²) >= 11 is 0. The van der Waals surface area contributed by atoms with Crippen molar-refractivity contribution in [1.29, 1.82) is 0 Å². The van der Waals surface area contributed by atoms with Crippen LogP contribution in [-0.2, 0) is 0 Å². The van der Waals surface area contributed by atoms with E-state index in [1.54, 1.807) is 0 Å². The summed E-state index contributed by atoms with van der Waals surface area (Å²) in [7, 11) is 0. The van der Waals surface area contributed by atoms with Gasteiger partial charge in [0.25, 0.3) is 0 Å². The third-order valence-electron chi connectivity index (χ3n) is 7.94. The molecule has 0 N–H and O–H groups in total. The van der Waals surface area contributed by atoms with Crippen LogP contribution in [0.25, 0.3) is 78.1 Å². The molecule has 0 aliphatic rings. The molecule has 2 heterocycles. The van der Waals surface area contributed by atoms with Crippen LogP contribution in [0.1, 0.15) is 0 Å². The fraction of sp³-hybridized carbons (Fsp3) is 0. The molecule has 0 saturated heterocycles. The van der Waals surface area contributed by atoms with E-state index in [0.29, 0.717) is 5.82 Å². The second-order valence-corrected chi connectivity index (χ2v) is 10.6. The minimum Gasteiger partial charge on any atom is -0.456 e. The maximum Gasteiger partial charge on any atom is 0.160 e.